The monoisotopic (exact) mass is 449 g/mol. The lowest BCUT2D eigenvalue weighted by molar-refractivity contribution is -0.137. The second kappa shape index (κ2) is 8.17. The number of nitrogens with zero attached hydrogens (tertiary/aromatic N) is 3. The van der Waals surface area contributed by atoms with Gasteiger partial charge in [-0.25, -0.2) is 0 Å². The molecule has 31 heavy (non-hydrogen) atoms. The number of rotatable bonds is 4. The van der Waals surface area contributed by atoms with Crippen LogP contribution in [0.15, 0.2) is 35.0 Å². The number of carbonyl (C=O) groups excluding carboxylic acids is 1. The lowest BCUT2D eigenvalue weighted by Crippen LogP contribution is -2.50. The number of thiophene rings is 1. The van der Waals surface area contributed by atoms with Crippen LogP contribution in [-0.2, 0) is 17.4 Å². The van der Waals surface area contributed by atoms with Crippen molar-refractivity contribution in [1.29, 1.82) is 5.26 Å². The van der Waals surface area contributed by atoms with Crippen LogP contribution in [0.5, 0.6) is 0 Å². The number of aliphatic hydroxyl groups is 1. The molecule has 0 radical (unpaired) electrons. The van der Waals surface area contributed by atoms with Crippen LogP contribution in [-0.4, -0.2) is 48.7 Å². The Bertz CT molecular complexity index is 1000. The van der Waals surface area contributed by atoms with Crippen molar-refractivity contribution in [3.63, 3.8) is 0 Å². The van der Waals surface area contributed by atoms with Gasteiger partial charge in [-0.3, -0.25) is 4.79 Å². The first-order valence-electron chi connectivity index (χ1n) is 10.0. The number of hydrogen-bond donors (Lipinski definition) is 1. The largest absolute Gasteiger partial charge is 0.417 e. The molecule has 164 valence electrons. The van der Waals surface area contributed by atoms with Gasteiger partial charge >= 0.3 is 6.18 Å². The van der Waals surface area contributed by atoms with Crippen molar-refractivity contribution in [3.05, 3.63) is 51.7 Å². The van der Waals surface area contributed by atoms with Crippen molar-refractivity contribution in [1.82, 2.24) is 4.90 Å². The average Bonchev–Trinajstić information content (AvgIpc) is 3.39. The third-order valence-electron chi connectivity index (χ3n) is 6.53. The molecule has 1 aromatic carbocycles. The van der Waals surface area contributed by atoms with Crippen LogP contribution in [0.2, 0.25) is 0 Å². The number of fused-ring (bicyclic) bond motifs is 1. The summed E-state index contributed by atoms with van der Waals surface area (Å²) in [7, 11) is 0. The number of benzene rings is 1. The number of amides is 1. The van der Waals surface area contributed by atoms with Gasteiger partial charge in [0.15, 0.2) is 0 Å². The number of carbonyl (C=O) groups is 1. The summed E-state index contributed by atoms with van der Waals surface area (Å²) in [5.41, 5.74) is -0.460. The van der Waals surface area contributed by atoms with E-state index in [4.69, 9.17) is 5.26 Å². The maximum atomic E-state index is 13.4. The fourth-order valence-electron chi connectivity index (χ4n) is 4.70. The molecule has 2 fully saturated rings. The fourth-order valence-corrected chi connectivity index (χ4v) is 5.37. The topological polar surface area (TPSA) is 67.6 Å². The standard InChI is InChI=1S/C22H22F3N3O2S/c23-22(24,25)19-8-18(2-1-16(19)9-26)28-11-17-10-27(5-4-21(17,13-28)14-29)20(30)7-15-3-6-31-12-15/h1-3,6,8,12,17,29H,4-5,7,10-11,13-14H2/t17-,21+/m1/s1. The normalized spacial score (nSPS) is 23.5. The van der Waals surface area contributed by atoms with Crippen LogP contribution < -0.4 is 4.90 Å². The molecular weight excluding hydrogens is 427 g/mol. The summed E-state index contributed by atoms with van der Waals surface area (Å²) in [5, 5.41) is 23.1. The Labute approximate surface area is 182 Å². The SMILES string of the molecule is N#Cc1ccc(N2C[C@H]3CN(C(=O)Cc4ccsc4)CC[C@@]3(CO)C2)cc1C(F)(F)F. The van der Waals surface area contributed by atoms with Gasteiger partial charge in [-0.15, -0.1) is 0 Å². The van der Waals surface area contributed by atoms with E-state index in [1.165, 1.54) is 23.5 Å². The number of anilines is 1. The van der Waals surface area contributed by atoms with Crippen molar-refractivity contribution >= 4 is 22.9 Å². The second-order valence-corrected chi connectivity index (χ2v) is 9.12. The third-order valence-corrected chi connectivity index (χ3v) is 7.26. The first-order valence-corrected chi connectivity index (χ1v) is 11.0. The molecule has 0 bridgehead atoms. The highest BCUT2D eigenvalue weighted by atomic mass is 32.1. The molecule has 1 aromatic heterocycles. The zero-order valence-corrected chi connectivity index (χ0v) is 17.5. The quantitative estimate of drug-likeness (QED) is 0.776. The molecule has 1 N–H and O–H groups in total. The minimum Gasteiger partial charge on any atom is -0.396 e. The van der Waals surface area contributed by atoms with Crippen molar-refractivity contribution in [2.75, 3.05) is 37.7 Å². The maximum absolute atomic E-state index is 13.4. The maximum Gasteiger partial charge on any atom is 0.417 e. The van der Waals surface area contributed by atoms with Crippen LogP contribution in [0, 0.1) is 22.7 Å². The van der Waals surface area contributed by atoms with Gasteiger partial charge in [0.05, 0.1) is 30.2 Å². The zero-order valence-electron chi connectivity index (χ0n) is 16.7. The highest BCUT2D eigenvalue weighted by Crippen LogP contribution is 2.45. The summed E-state index contributed by atoms with van der Waals surface area (Å²) in [4.78, 5) is 16.4. The molecular formula is C22H22F3N3O2S. The smallest absolute Gasteiger partial charge is 0.396 e. The van der Waals surface area contributed by atoms with Crippen LogP contribution in [0.25, 0.3) is 0 Å². The molecule has 2 atom stereocenters. The number of hydrogen-bond acceptors (Lipinski definition) is 5. The van der Waals surface area contributed by atoms with Gasteiger partial charge in [-0.05, 0) is 47.0 Å². The van der Waals surface area contributed by atoms with Crippen molar-refractivity contribution in [3.8, 4) is 6.07 Å². The van der Waals surface area contributed by atoms with Gasteiger partial charge in [0, 0.05) is 43.2 Å². The second-order valence-electron chi connectivity index (χ2n) is 8.34. The molecule has 0 saturated carbocycles. The van der Waals surface area contributed by atoms with Gasteiger partial charge in [-0.2, -0.15) is 29.8 Å². The molecule has 0 aliphatic carbocycles. The molecule has 2 aliphatic rings. The molecule has 0 unspecified atom stereocenters. The van der Waals surface area contributed by atoms with Crippen LogP contribution in [0.4, 0.5) is 18.9 Å². The van der Waals surface area contributed by atoms with E-state index in [1.807, 2.05) is 21.7 Å². The van der Waals surface area contributed by atoms with Gasteiger partial charge in [0.1, 0.15) is 0 Å². The Morgan fingerprint density at radius 2 is 2.13 bits per heavy atom. The number of aliphatic hydroxyl groups excluding tert-OH is 1. The van der Waals surface area contributed by atoms with Gasteiger partial charge in [-0.1, -0.05) is 0 Å². The van der Waals surface area contributed by atoms with E-state index in [0.29, 0.717) is 44.7 Å². The molecule has 2 saturated heterocycles. The first-order chi connectivity index (χ1) is 14.8. The third kappa shape index (κ3) is 4.14. The van der Waals surface area contributed by atoms with E-state index in [1.54, 1.807) is 11.0 Å². The Morgan fingerprint density at radius 3 is 2.77 bits per heavy atom. The zero-order chi connectivity index (χ0) is 22.2. The molecule has 2 aromatic rings. The summed E-state index contributed by atoms with van der Waals surface area (Å²) in [5.74, 6) is -0.0104. The van der Waals surface area contributed by atoms with Crippen molar-refractivity contribution in [2.24, 2.45) is 11.3 Å². The van der Waals surface area contributed by atoms with Crippen molar-refractivity contribution in [2.45, 2.75) is 19.0 Å². The van der Waals surface area contributed by atoms with Crippen molar-refractivity contribution < 1.29 is 23.1 Å². The Hall–Kier alpha value is -2.57. The first kappa shape index (κ1) is 21.7. The highest BCUT2D eigenvalue weighted by molar-refractivity contribution is 7.08. The van der Waals surface area contributed by atoms with Crippen LogP contribution in [0.3, 0.4) is 0 Å². The Balaban J connectivity index is 1.53. The Morgan fingerprint density at radius 1 is 1.32 bits per heavy atom. The van der Waals surface area contributed by atoms with E-state index in [9.17, 15) is 23.1 Å². The number of nitriles is 1. The fraction of sp³-hybridized carbons (Fsp3) is 0.455. The highest BCUT2D eigenvalue weighted by Gasteiger charge is 2.50. The van der Waals surface area contributed by atoms with Crippen LogP contribution in [0.1, 0.15) is 23.1 Å². The molecule has 4 rings (SSSR count). The average molecular weight is 449 g/mol. The minimum atomic E-state index is -4.62. The van der Waals surface area contributed by atoms with Gasteiger partial charge < -0.3 is 14.9 Å². The number of alkyl halides is 3. The van der Waals surface area contributed by atoms with E-state index in [0.717, 1.165) is 11.6 Å². The van der Waals surface area contributed by atoms with Crippen LogP contribution >= 0.6 is 11.3 Å². The number of piperidine rings is 1. The summed E-state index contributed by atoms with van der Waals surface area (Å²) >= 11 is 1.54. The molecule has 0 spiro atoms. The molecule has 1 amide bonds. The summed E-state index contributed by atoms with van der Waals surface area (Å²) in [6, 6.07) is 7.26. The molecule has 3 heterocycles. The van der Waals surface area contributed by atoms with E-state index in [-0.39, 0.29) is 18.4 Å². The molecule has 5 nitrogen and oxygen atoms in total. The summed E-state index contributed by atoms with van der Waals surface area (Å²) in [6.07, 6.45) is -3.69. The predicted molar refractivity (Wildman–Crippen MR) is 111 cm³/mol. The molecule has 9 heteroatoms. The summed E-state index contributed by atoms with van der Waals surface area (Å²) < 4.78 is 40.1. The predicted octanol–water partition coefficient (Wildman–Crippen LogP) is 3.53. The lowest BCUT2D eigenvalue weighted by atomic mass is 9.73. The van der Waals surface area contributed by atoms with E-state index in [2.05, 4.69) is 0 Å². The van der Waals surface area contributed by atoms with Gasteiger partial charge in [0.25, 0.3) is 0 Å². The lowest BCUT2D eigenvalue weighted by Gasteiger charge is -2.42. The molecule has 2 aliphatic heterocycles. The van der Waals surface area contributed by atoms with E-state index < -0.39 is 22.7 Å². The van der Waals surface area contributed by atoms with E-state index >= 15 is 0 Å². The summed E-state index contributed by atoms with van der Waals surface area (Å²) in [6.45, 7) is 1.79. The Kier molecular flexibility index (Phi) is 5.71. The number of halogens is 3. The van der Waals surface area contributed by atoms with Gasteiger partial charge in [0.2, 0.25) is 5.91 Å². The number of likely N-dealkylation sites (tertiary alicyclic amines) is 1. The minimum absolute atomic E-state index is 0.0288.